The summed E-state index contributed by atoms with van der Waals surface area (Å²) >= 11 is 1.13. The second-order valence-corrected chi connectivity index (χ2v) is 5.76. The first-order chi connectivity index (χ1) is 9.81. The van der Waals surface area contributed by atoms with Crippen molar-refractivity contribution in [1.29, 1.82) is 0 Å². The molecule has 0 radical (unpaired) electrons. The molecule has 1 N–H and O–H groups in total. The molecule has 0 aromatic carbocycles. The normalized spacial score (nSPS) is 10.7. The molecule has 2 aromatic heterocycles. The van der Waals surface area contributed by atoms with Crippen LogP contribution in [0.5, 0.6) is 0 Å². The molecule has 0 aliphatic carbocycles. The maximum atomic E-state index is 11.5. The lowest BCUT2D eigenvalue weighted by Gasteiger charge is -2.09. The average molecular weight is 304 g/mol. The van der Waals surface area contributed by atoms with E-state index in [-0.39, 0.29) is 5.56 Å². The van der Waals surface area contributed by atoms with E-state index in [9.17, 15) is 9.90 Å². The highest BCUT2D eigenvalue weighted by Crippen LogP contribution is 2.29. The Morgan fingerprint density at radius 1 is 0.905 bits per heavy atom. The first-order valence-corrected chi connectivity index (χ1v) is 7.19. The van der Waals surface area contributed by atoms with Gasteiger partial charge in [0.1, 0.15) is 5.03 Å². The van der Waals surface area contributed by atoms with Crippen LogP contribution in [0.15, 0.2) is 10.2 Å². The second kappa shape index (κ2) is 5.77. The van der Waals surface area contributed by atoms with Gasteiger partial charge in [-0.1, -0.05) is 0 Å². The molecule has 0 amide bonds. The van der Waals surface area contributed by atoms with Crippen molar-refractivity contribution in [2.75, 3.05) is 0 Å². The maximum absolute atomic E-state index is 11.5. The molecule has 0 atom stereocenters. The molecule has 0 saturated heterocycles. The standard InChI is InChI=1S/C14H16N4O2S/c1-6-8(3)15-14(16-9(6)4)21-12-11(13(19)20)7(2)10(5)17-18-12/h1-5H3,(H,19,20). The van der Waals surface area contributed by atoms with E-state index in [1.54, 1.807) is 13.8 Å². The summed E-state index contributed by atoms with van der Waals surface area (Å²) in [5, 5.41) is 18.2. The van der Waals surface area contributed by atoms with Gasteiger partial charge in [-0.15, -0.1) is 5.10 Å². The van der Waals surface area contributed by atoms with Crippen molar-refractivity contribution >= 4 is 17.7 Å². The van der Waals surface area contributed by atoms with Crippen molar-refractivity contribution in [2.24, 2.45) is 0 Å². The predicted octanol–water partition coefficient (Wildman–Crippen LogP) is 2.66. The summed E-state index contributed by atoms with van der Waals surface area (Å²) in [6.45, 7) is 9.22. The van der Waals surface area contributed by atoms with Crippen molar-refractivity contribution in [1.82, 2.24) is 20.2 Å². The van der Waals surface area contributed by atoms with Gasteiger partial charge in [-0.2, -0.15) is 5.10 Å². The van der Waals surface area contributed by atoms with E-state index >= 15 is 0 Å². The molecular formula is C14H16N4O2S. The van der Waals surface area contributed by atoms with Crippen molar-refractivity contribution in [3.8, 4) is 0 Å². The first kappa shape index (κ1) is 15.4. The van der Waals surface area contributed by atoms with Crippen molar-refractivity contribution in [3.63, 3.8) is 0 Å². The average Bonchev–Trinajstić information content (AvgIpc) is 2.40. The number of aromatic nitrogens is 4. The topological polar surface area (TPSA) is 88.9 Å². The summed E-state index contributed by atoms with van der Waals surface area (Å²) in [4.78, 5) is 20.2. The molecule has 2 rings (SSSR count). The lowest BCUT2D eigenvalue weighted by atomic mass is 10.1. The van der Waals surface area contributed by atoms with Crippen LogP contribution in [0, 0.1) is 34.6 Å². The Morgan fingerprint density at radius 3 is 2.00 bits per heavy atom. The zero-order chi connectivity index (χ0) is 15.7. The van der Waals surface area contributed by atoms with Crippen LogP contribution in [0.2, 0.25) is 0 Å². The number of hydrogen-bond acceptors (Lipinski definition) is 6. The number of nitrogens with zero attached hydrogens (tertiary/aromatic N) is 4. The molecule has 2 aromatic rings. The number of aryl methyl sites for hydroxylation is 3. The lowest BCUT2D eigenvalue weighted by molar-refractivity contribution is 0.0690. The maximum Gasteiger partial charge on any atom is 0.338 e. The van der Waals surface area contributed by atoms with Gasteiger partial charge in [0, 0.05) is 11.4 Å². The summed E-state index contributed by atoms with van der Waals surface area (Å²) < 4.78 is 0. The minimum absolute atomic E-state index is 0.159. The fraction of sp³-hybridized carbons (Fsp3) is 0.357. The zero-order valence-corrected chi connectivity index (χ0v) is 13.4. The fourth-order valence-corrected chi connectivity index (χ4v) is 2.75. The van der Waals surface area contributed by atoms with Crippen LogP contribution in [0.1, 0.15) is 38.6 Å². The molecule has 0 fully saturated rings. The number of carbonyl (C=O) groups is 1. The van der Waals surface area contributed by atoms with Crippen LogP contribution in [-0.2, 0) is 0 Å². The molecule has 2 heterocycles. The third-order valence-corrected chi connectivity index (χ3v) is 4.28. The van der Waals surface area contributed by atoms with Crippen molar-refractivity contribution < 1.29 is 9.90 Å². The summed E-state index contributed by atoms with van der Waals surface area (Å²) in [5.74, 6) is -1.02. The fourth-order valence-electron chi connectivity index (χ4n) is 1.78. The molecule has 0 unspecified atom stereocenters. The summed E-state index contributed by atoms with van der Waals surface area (Å²) in [6.07, 6.45) is 0. The number of carboxylic acids is 1. The Hall–Kier alpha value is -2.02. The number of carboxylic acid groups (broad SMARTS) is 1. The number of hydrogen-bond donors (Lipinski definition) is 1. The van der Waals surface area contributed by atoms with Gasteiger partial charge in [-0.3, -0.25) is 0 Å². The molecule has 0 bridgehead atoms. The van der Waals surface area contributed by atoms with Crippen LogP contribution in [0.25, 0.3) is 0 Å². The van der Waals surface area contributed by atoms with E-state index in [2.05, 4.69) is 20.2 Å². The van der Waals surface area contributed by atoms with Crippen LogP contribution < -0.4 is 0 Å². The smallest absolute Gasteiger partial charge is 0.338 e. The minimum Gasteiger partial charge on any atom is -0.478 e. The SMILES string of the molecule is Cc1nc(Sc2nnc(C)c(C)c2C(=O)O)nc(C)c1C. The molecule has 0 aliphatic heterocycles. The van der Waals surface area contributed by atoms with Crippen LogP contribution >= 0.6 is 11.8 Å². The molecule has 21 heavy (non-hydrogen) atoms. The minimum atomic E-state index is -1.02. The third-order valence-electron chi connectivity index (χ3n) is 3.44. The van der Waals surface area contributed by atoms with E-state index in [1.165, 1.54) is 0 Å². The lowest BCUT2D eigenvalue weighted by Crippen LogP contribution is -2.08. The highest BCUT2D eigenvalue weighted by Gasteiger charge is 2.20. The molecule has 0 spiro atoms. The van der Waals surface area contributed by atoms with Gasteiger partial charge in [0.2, 0.25) is 0 Å². The van der Waals surface area contributed by atoms with E-state index in [4.69, 9.17) is 0 Å². The Kier molecular flexibility index (Phi) is 4.22. The Labute approximate surface area is 127 Å². The van der Waals surface area contributed by atoms with E-state index in [0.717, 1.165) is 28.7 Å². The van der Waals surface area contributed by atoms with Gasteiger partial charge in [-0.05, 0) is 57.5 Å². The van der Waals surface area contributed by atoms with Crippen LogP contribution in [0.4, 0.5) is 0 Å². The van der Waals surface area contributed by atoms with Crippen LogP contribution in [0.3, 0.4) is 0 Å². The Balaban J connectivity index is 2.50. The molecule has 110 valence electrons. The third kappa shape index (κ3) is 3.02. The van der Waals surface area contributed by atoms with Crippen molar-refractivity contribution in [3.05, 3.63) is 33.8 Å². The van der Waals surface area contributed by atoms with Crippen LogP contribution in [-0.4, -0.2) is 31.2 Å². The quantitative estimate of drug-likeness (QED) is 0.872. The molecular weight excluding hydrogens is 288 g/mol. The van der Waals surface area contributed by atoms with Gasteiger partial charge in [-0.25, -0.2) is 14.8 Å². The molecule has 0 saturated carbocycles. The number of aromatic carboxylic acids is 1. The zero-order valence-electron chi connectivity index (χ0n) is 12.6. The molecule has 6 nitrogen and oxygen atoms in total. The summed E-state index contributed by atoms with van der Waals surface area (Å²) in [7, 11) is 0. The van der Waals surface area contributed by atoms with Gasteiger partial charge >= 0.3 is 5.97 Å². The Morgan fingerprint density at radius 2 is 1.48 bits per heavy atom. The highest BCUT2D eigenvalue weighted by molar-refractivity contribution is 7.99. The monoisotopic (exact) mass is 304 g/mol. The second-order valence-electron chi connectivity index (χ2n) is 4.80. The number of rotatable bonds is 3. The predicted molar refractivity (Wildman–Crippen MR) is 78.8 cm³/mol. The molecule has 7 heteroatoms. The van der Waals surface area contributed by atoms with E-state index in [1.807, 2.05) is 20.8 Å². The first-order valence-electron chi connectivity index (χ1n) is 6.38. The van der Waals surface area contributed by atoms with Gasteiger partial charge in [0.25, 0.3) is 0 Å². The van der Waals surface area contributed by atoms with Crippen molar-refractivity contribution in [2.45, 2.75) is 44.8 Å². The summed E-state index contributed by atoms with van der Waals surface area (Å²) in [6, 6.07) is 0. The van der Waals surface area contributed by atoms with E-state index < -0.39 is 5.97 Å². The Bertz CT molecular complexity index is 708. The van der Waals surface area contributed by atoms with E-state index in [0.29, 0.717) is 21.4 Å². The highest BCUT2D eigenvalue weighted by atomic mass is 32.2. The molecule has 0 aliphatic rings. The summed E-state index contributed by atoms with van der Waals surface area (Å²) in [5.41, 5.74) is 4.16. The van der Waals surface area contributed by atoms with Gasteiger partial charge in [0.15, 0.2) is 5.16 Å². The van der Waals surface area contributed by atoms with Gasteiger partial charge < -0.3 is 5.11 Å². The van der Waals surface area contributed by atoms with Gasteiger partial charge in [0.05, 0.1) is 11.3 Å². The largest absolute Gasteiger partial charge is 0.478 e.